The third-order valence-electron chi connectivity index (χ3n) is 4.31. The van der Waals surface area contributed by atoms with Gasteiger partial charge in [0.2, 0.25) is 0 Å². The van der Waals surface area contributed by atoms with Crippen molar-refractivity contribution in [2.24, 2.45) is 5.41 Å². The van der Waals surface area contributed by atoms with Gasteiger partial charge in [-0.1, -0.05) is 26.7 Å². The van der Waals surface area contributed by atoms with Crippen molar-refractivity contribution >= 4 is 0 Å². The van der Waals surface area contributed by atoms with E-state index in [1.165, 1.54) is 12.8 Å². The zero-order chi connectivity index (χ0) is 12.3. The first kappa shape index (κ1) is 12.6. The van der Waals surface area contributed by atoms with Crippen molar-refractivity contribution < 1.29 is 5.11 Å². The average Bonchev–Trinajstić information content (AvgIpc) is 2.98. The fourth-order valence-corrected chi connectivity index (χ4v) is 3.13. The molecular formula is C14H24N2O. The Morgan fingerprint density at radius 2 is 2.12 bits per heavy atom. The molecule has 1 heterocycles. The van der Waals surface area contributed by atoms with Crippen molar-refractivity contribution in [3.63, 3.8) is 0 Å². The van der Waals surface area contributed by atoms with Crippen LogP contribution < -0.4 is 0 Å². The van der Waals surface area contributed by atoms with Crippen molar-refractivity contribution in [3.8, 4) is 0 Å². The third kappa shape index (κ3) is 2.39. The number of hydrogen-bond donors (Lipinski definition) is 1. The van der Waals surface area contributed by atoms with Crippen LogP contribution in [0.25, 0.3) is 0 Å². The predicted molar refractivity (Wildman–Crippen MR) is 68.7 cm³/mol. The van der Waals surface area contributed by atoms with Crippen LogP contribution in [0, 0.1) is 5.41 Å². The molecule has 2 rings (SSSR count). The molecule has 3 nitrogen and oxygen atoms in total. The van der Waals surface area contributed by atoms with E-state index in [9.17, 15) is 5.11 Å². The maximum Gasteiger partial charge on any atom is 0.0876 e. The van der Waals surface area contributed by atoms with E-state index in [0.717, 1.165) is 37.8 Å². The van der Waals surface area contributed by atoms with Crippen LogP contribution >= 0.6 is 0 Å². The molecule has 0 radical (unpaired) electrons. The summed E-state index contributed by atoms with van der Waals surface area (Å²) in [6, 6.07) is 0. The van der Waals surface area contributed by atoms with E-state index >= 15 is 0 Å². The highest BCUT2D eigenvalue weighted by atomic mass is 16.3. The second-order valence-corrected chi connectivity index (χ2v) is 5.36. The van der Waals surface area contributed by atoms with Crippen molar-refractivity contribution in [2.45, 2.75) is 65.0 Å². The molecule has 1 atom stereocenters. The van der Waals surface area contributed by atoms with Gasteiger partial charge in [-0.2, -0.15) is 5.10 Å². The molecule has 0 aromatic carbocycles. The van der Waals surface area contributed by atoms with E-state index in [1.54, 1.807) is 0 Å². The molecule has 0 bridgehead atoms. The molecule has 0 saturated heterocycles. The Morgan fingerprint density at radius 1 is 1.41 bits per heavy atom. The predicted octanol–water partition coefficient (Wildman–Crippen LogP) is 3.30. The van der Waals surface area contributed by atoms with E-state index in [-0.39, 0.29) is 11.5 Å². The highest BCUT2D eigenvalue weighted by Crippen LogP contribution is 2.49. The Hall–Kier alpha value is -0.830. The molecule has 3 heteroatoms. The van der Waals surface area contributed by atoms with Gasteiger partial charge in [0, 0.05) is 23.7 Å². The smallest absolute Gasteiger partial charge is 0.0876 e. The normalized spacial score (nSPS) is 20.6. The monoisotopic (exact) mass is 236 g/mol. The molecule has 1 fully saturated rings. The summed E-state index contributed by atoms with van der Waals surface area (Å²) in [6.07, 6.45) is 10.5. The number of aliphatic hydroxyl groups is 1. The van der Waals surface area contributed by atoms with Gasteiger partial charge in [-0.25, -0.2) is 0 Å². The second-order valence-electron chi connectivity index (χ2n) is 5.36. The van der Waals surface area contributed by atoms with Crippen molar-refractivity contribution in [3.05, 3.63) is 18.0 Å². The topological polar surface area (TPSA) is 38.0 Å². The molecule has 96 valence electrons. The number of aliphatic hydroxyl groups excluding tert-OH is 1. The first-order chi connectivity index (χ1) is 8.22. The number of hydrogen-bond acceptors (Lipinski definition) is 2. The summed E-state index contributed by atoms with van der Waals surface area (Å²) < 4.78 is 1.94. The van der Waals surface area contributed by atoms with E-state index < -0.39 is 0 Å². The van der Waals surface area contributed by atoms with E-state index in [0.29, 0.717) is 0 Å². The molecule has 1 N–H and O–H groups in total. The number of rotatable bonds is 5. The van der Waals surface area contributed by atoms with Crippen molar-refractivity contribution in [1.29, 1.82) is 0 Å². The largest absolute Gasteiger partial charge is 0.388 e. The number of aryl methyl sites for hydroxylation is 1. The SMILES string of the molecule is CCCn1cc(C(O)C2(CC)CCCC2)cn1. The molecule has 1 saturated carbocycles. The third-order valence-corrected chi connectivity index (χ3v) is 4.31. The lowest BCUT2D eigenvalue weighted by molar-refractivity contribution is 0.0237. The zero-order valence-electron chi connectivity index (χ0n) is 11.0. The van der Waals surface area contributed by atoms with Crippen LogP contribution in [-0.2, 0) is 6.54 Å². The first-order valence-electron chi connectivity index (χ1n) is 6.92. The average molecular weight is 236 g/mol. The van der Waals surface area contributed by atoms with Crippen LogP contribution in [0.2, 0.25) is 0 Å². The minimum absolute atomic E-state index is 0.111. The Bertz CT molecular complexity index is 353. The Labute approximate surface area is 104 Å². The molecule has 1 aliphatic carbocycles. The van der Waals surface area contributed by atoms with E-state index in [2.05, 4.69) is 18.9 Å². The van der Waals surface area contributed by atoms with E-state index in [1.807, 2.05) is 17.1 Å². The lowest BCUT2D eigenvalue weighted by Gasteiger charge is -2.32. The van der Waals surface area contributed by atoms with Crippen LogP contribution in [0.5, 0.6) is 0 Å². The summed E-state index contributed by atoms with van der Waals surface area (Å²) in [5.74, 6) is 0. The molecule has 0 amide bonds. The molecule has 1 aliphatic rings. The van der Waals surface area contributed by atoms with Crippen LogP contribution in [-0.4, -0.2) is 14.9 Å². The lowest BCUT2D eigenvalue weighted by Crippen LogP contribution is -2.24. The molecule has 1 unspecified atom stereocenters. The quantitative estimate of drug-likeness (QED) is 0.851. The maximum atomic E-state index is 10.6. The van der Waals surface area contributed by atoms with Crippen LogP contribution in [0.1, 0.15) is 64.0 Å². The van der Waals surface area contributed by atoms with Gasteiger partial charge in [-0.3, -0.25) is 4.68 Å². The van der Waals surface area contributed by atoms with Gasteiger partial charge < -0.3 is 5.11 Å². The van der Waals surface area contributed by atoms with Gasteiger partial charge in [-0.05, 0) is 25.7 Å². The summed E-state index contributed by atoms with van der Waals surface area (Å²) in [4.78, 5) is 0. The second kappa shape index (κ2) is 5.21. The van der Waals surface area contributed by atoms with Gasteiger partial charge in [-0.15, -0.1) is 0 Å². The van der Waals surface area contributed by atoms with Crippen LogP contribution in [0.4, 0.5) is 0 Å². The minimum Gasteiger partial charge on any atom is -0.388 e. The fourth-order valence-electron chi connectivity index (χ4n) is 3.13. The number of aromatic nitrogens is 2. The molecule has 0 spiro atoms. The van der Waals surface area contributed by atoms with Crippen molar-refractivity contribution in [1.82, 2.24) is 9.78 Å². The Balaban J connectivity index is 2.14. The lowest BCUT2D eigenvalue weighted by atomic mass is 9.76. The molecule has 1 aromatic rings. The molecule has 17 heavy (non-hydrogen) atoms. The van der Waals surface area contributed by atoms with Crippen LogP contribution in [0.3, 0.4) is 0 Å². The summed E-state index contributed by atoms with van der Waals surface area (Å²) in [7, 11) is 0. The summed E-state index contributed by atoms with van der Waals surface area (Å²) >= 11 is 0. The Morgan fingerprint density at radius 3 is 2.71 bits per heavy atom. The zero-order valence-corrected chi connectivity index (χ0v) is 11.0. The van der Waals surface area contributed by atoms with Gasteiger partial charge >= 0.3 is 0 Å². The fraction of sp³-hybridized carbons (Fsp3) is 0.786. The summed E-state index contributed by atoms with van der Waals surface area (Å²) in [6.45, 7) is 5.28. The van der Waals surface area contributed by atoms with Gasteiger partial charge in [0.15, 0.2) is 0 Å². The van der Waals surface area contributed by atoms with E-state index in [4.69, 9.17) is 0 Å². The van der Waals surface area contributed by atoms with Gasteiger partial charge in [0.25, 0.3) is 0 Å². The summed E-state index contributed by atoms with van der Waals surface area (Å²) in [5, 5.41) is 14.9. The van der Waals surface area contributed by atoms with Gasteiger partial charge in [0.05, 0.1) is 12.3 Å². The van der Waals surface area contributed by atoms with Crippen molar-refractivity contribution in [2.75, 3.05) is 0 Å². The molecule has 0 aliphatic heterocycles. The van der Waals surface area contributed by atoms with Crippen LogP contribution in [0.15, 0.2) is 12.4 Å². The highest BCUT2D eigenvalue weighted by molar-refractivity contribution is 5.13. The maximum absolute atomic E-state index is 10.6. The molecule has 1 aromatic heterocycles. The highest BCUT2D eigenvalue weighted by Gasteiger charge is 2.40. The minimum atomic E-state index is -0.333. The Kier molecular flexibility index (Phi) is 3.87. The molecular weight excluding hydrogens is 212 g/mol. The standard InChI is InChI=1S/C14H24N2O/c1-3-9-16-11-12(10-15-16)13(17)14(4-2)7-5-6-8-14/h10-11,13,17H,3-9H2,1-2H3. The number of nitrogens with zero attached hydrogens (tertiary/aromatic N) is 2. The first-order valence-corrected chi connectivity index (χ1v) is 6.92. The summed E-state index contributed by atoms with van der Waals surface area (Å²) in [5.41, 5.74) is 1.11. The van der Waals surface area contributed by atoms with Gasteiger partial charge in [0.1, 0.15) is 0 Å².